The predicted molar refractivity (Wildman–Crippen MR) is 64.8 cm³/mol. The lowest BCUT2D eigenvalue weighted by Crippen LogP contribution is -2.29. The fourth-order valence-corrected chi connectivity index (χ4v) is 1.35. The molecule has 0 spiro atoms. The average Bonchev–Trinajstić information content (AvgIpc) is 2.24. The molecule has 0 unspecified atom stereocenters. The number of phenolic OH excluding ortho intramolecular Hbond substituents is 1. The van der Waals surface area contributed by atoms with Crippen LogP contribution in [0.5, 0.6) is 5.75 Å². The van der Waals surface area contributed by atoms with Crippen molar-refractivity contribution in [3.63, 3.8) is 0 Å². The van der Waals surface area contributed by atoms with Gasteiger partial charge in [-0.05, 0) is 25.0 Å². The zero-order chi connectivity index (χ0) is 12.0. The highest BCUT2D eigenvalue weighted by Gasteiger charge is 2.07. The molecule has 16 heavy (non-hydrogen) atoms. The van der Waals surface area contributed by atoms with Crippen LogP contribution in [0.2, 0.25) is 0 Å². The second kappa shape index (κ2) is 6.00. The van der Waals surface area contributed by atoms with E-state index in [0.29, 0.717) is 12.2 Å². The van der Waals surface area contributed by atoms with E-state index in [-0.39, 0.29) is 11.8 Å². The van der Waals surface area contributed by atoms with E-state index in [1.165, 1.54) is 0 Å². The summed E-state index contributed by atoms with van der Waals surface area (Å²) in [7, 11) is 0. The molecule has 0 heterocycles. The molecule has 0 saturated carbocycles. The topological polar surface area (TPSA) is 61.4 Å². The molecular formula is C12H18N2O2. The van der Waals surface area contributed by atoms with Gasteiger partial charge in [-0.3, -0.25) is 0 Å². The Morgan fingerprint density at radius 1 is 1.44 bits per heavy atom. The Morgan fingerprint density at radius 2 is 2.19 bits per heavy atom. The second-order valence-corrected chi connectivity index (χ2v) is 3.70. The summed E-state index contributed by atoms with van der Waals surface area (Å²) in [5.41, 5.74) is 1.31. The van der Waals surface area contributed by atoms with Crippen LogP contribution in [0.25, 0.3) is 0 Å². The highest BCUT2D eigenvalue weighted by atomic mass is 16.3. The van der Waals surface area contributed by atoms with Crippen LogP contribution in [0.4, 0.5) is 10.5 Å². The van der Waals surface area contributed by atoms with Gasteiger partial charge in [0.1, 0.15) is 5.75 Å². The SMILES string of the molecule is CCCCNC(=O)Nc1c(C)cccc1O. The summed E-state index contributed by atoms with van der Waals surface area (Å²) in [4.78, 5) is 11.5. The molecule has 0 bridgehead atoms. The number of rotatable bonds is 4. The van der Waals surface area contributed by atoms with Crippen molar-refractivity contribution in [3.8, 4) is 5.75 Å². The minimum absolute atomic E-state index is 0.0886. The molecular weight excluding hydrogens is 204 g/mol. The number of aromatic hydroxyl groups is 1. The number of aryl methyl sites for hydroxylation is 1. The number of phenols is 1. The average molecular weight is 222 g/mol. The van der Waals surface area contributed by atoms with Crippen LogP contribution in [0.15, 0.2) is 18.2 Å². The van der Waals surface area contributed by atoms with Gasteiger partial charge >= 0.3 is 6.03 Å². The number of carbonyl (C=O) groups excluding carboxylic acids is 1. The number of hydrogen-bond donors (Lipinski definition) is 3. The number of para-hydroxylation sites is 1. The third-order valence-corrected chi connectivity index (χ3v) is 2.31. The first-order valence-electron chi connectivity index (χ1n) is 5.48. The smallest absolute Gasteiger partial charge is 0.319 e. The molecule has 4 nitrogen and oxygen atoms in total. The molecule has 0 atom stereocenters. The molecule has 0 aliphatic heterocycles. The first-order chi connectivity index (χ1) is 7.65. The van der Waals surface area contributed by atoms with E-state index in [2.05, 4.69) is 17.6 Å². The van der Waals surface area contributed by atoms with Crippen LogP contribution in [0, 0.1) is 6.92 Å². The lowest BCUT2D eigenvalue weighted by molar-refractivity contribution is 0.252. The summed E-state index contributed by atoms with van der Waals surface area (Å²) in [5.74, 6) is 0.0886. The van der Waals surface area contributed by atoms with Gasteiger partial charge in [-0.25, -0.2) is 4.79 Å². The molecule has 0 saturated heterocycles. The van der Waals surface area contributed by atoms with Crippen LogP contribution in [0.1, 0.15) is 25.3 Å². The van der Waals surface area contributed by atoms with Gasteiger partial charge < -0.3 is 15.7 Å². The van der Waals surface area contributed by atoms with E-state index in [9.17, 15) is 9.90 Å². The number of anilines is 1. The van der Waals surface area contributed by atoms with E-state index >= 15 is 0 Å². The Hall–Kier alpha value is -1.71. The third-order valence-electron chi connectivity index (χ3n) is 2.31. The summed E-state index contributed by atoms with van der Waals surface area (Å²) in [5, 5.41) is 14.9. The zero-order valence-electron chi connectivity index (χ0n) is 9.71. The number of hydrogen-bond acceptors (Lipinski definition) is 2. The van der Waals surface area contributed by atoms with Gasteiger partial charge in [-0.1, -0.05) is 25.5 Å². The first kappa shape index (κ1) is 12.4. The van der Waals surface area contributed by atoms with Crippen molar-refractivity contribution < 1.29 is 9.90 Å². The maximum Gasteiger partial charge on any atom is 0.319 e. The molecule has 4 heteroatoms. The van der Waals surface area contributed by atoms with Crippen molar-refractivity contribution in [2.75, 3.05) is 11.9 Å². The van der Waals surface area contributed by atoms with Crippen molar-refractivity contribution in [1.82, 2.24) is 5.32 Å². The third kappa shape index (κ3) is 3.46. The summed E-state index contributed by atoms with van der Waals surface area (Å²) < 4.78 is 0. The monoisotopic (exact) mass is 222 g/mol. The summed E-state index contributed by atoms with van der Waals surface area (Å²) in [6, 6.07) is 4.85. The van der Waals surface area contributed by atoms with E-state index in [1.54, 1.807) is 12.1 Å². The second-order valence-electron chi connectivity index (χ2n) is 3.70. The highest BCUT2D eigenvalue weighted by Crippen LogP contribution is 2.25. The van der Waals surface area contributed by atoms with Crippen molar-refractivity contribution in [1.29, 1.82) is 0 Å². The van der Waals surface area contributed by atoms with Gasteiger partial charge in [0, 0.05) is 6.54 Å². The molecule has 2 amide bonds. The van der Waals surface area contributed by atoms with Crippen LogP contribution in [-0.2, 0) is 0 Å². The summed E-state index contributed by atoms with van der Waals surface area (Å²) in [6.45, 7) is 4.54. The standard InChI is InChI=1S/C12H18N2O2/c1-3-4-8-13-12(16)14-11-9(2)6-5-7-10(11)15/h5-7,15H,3-4,8H2,1-2H3,(H2,13,14,16). The fourth-order valence-electron chi connectivity index (χ4n) is 1.35. The normalized spacial score (nSPS) is 9.88. The highest BCUT2D eigenvalue weighted by molar-refractivity contribution is 5.91. The Balaban J connectivity index is 2.56. The molecule has 3 N–H and O–H groups in total. The Kier molecular flexibility index (Phi) is 4.64. The maximum atomic E-state index is 11.5. The first-order valence-corrected chi connectivity index (χ1v) is 5.48. The molecule has 1 aromatic carbocycles. The number of nitrogens with one attached hydrogen (secondary N) is 2. The number of amides is 2. The lowest BCUT2D eigenvalue weighted by atomic mass is 10.2. The summed E-state index contributed by atoms with van der Waals surface area (Å²) >= 11 is 0. The minimum atomic E-state index is -0.280. The van der Waals surface area contributed by atoms with Gasteiger partial charge in [0.15, 0.2) is 0 Å². The van der Waals surface area contributed by atoms with Crippen molar-refractivity contribution in [2.45, 2.75) is 26.7 Å². The number of unbranched alkanes of at least 4 members (excludes halogenated alkanes) is 1. The van der Waals surface area contributed by atoms with Gasteiger partial charge in [0.25, 0.3) is 0 Å². The van der Waals surface area contributed by atoms with Crippen molar-refractivity contribution in [2.24, 2.45) is 0 Å². The quantitative estimate of drug-likeness (QED) is 0.541. The van der Waals surface area contributed by atoms with Gasteiger partial charge in [-0.2, -0.15) is 0 Å². The molecule has 1 aromatic rings. The van der Waals surface area contributed by atoms with E-state index in [0.717, 1.165) is 18.4 Å². The van der Waals surface area contributed by atoms with Crippen LogP contribution in [0.3, 0.4) is 0 Å². The molecule has 1 rings (SSSR count). The Morgan fingerprint density at radius 3 is 2.81 bits per heavy atom. The number of benzene rings is 1. The zero-order valence-corrected chi connectivity index (χ0v) is 9.71. The molecule has 0 aliphatic rings. The van der Waals surface area contributed by atoms with Crippen molar-refractivity contribution >= 4 is 11.7 Å². The van der Waals surface area contributed by atoms with Gasteiger partial charge in [0.2, 0.25) is 0 Å². The van der Waals surface area contributed by atoms with Gasteiger partial charge in [-0.15, -0.1) is 0 Å². The predicted octanol–water partition coefficient (Wildman–Crippen LogP) is 2.62. The number of urea groups is 1. The molecule has 0 radical (unpaired) electrons. The fraction of sp³-hybridized carbons (Fsp3) is 0.417. The van der Waals surface area contributed by atoms with Crippen LogP contribution >= 0.6 is 0 Å². The molecule has 0 aliphatic carbocycles. The Labute approximate surface area is 95.7 Å². The van der Waals surface area contributed by atoms with E-state index in [1.807, 2.05) is 13.0 Å². The van der Waals surface area contributed by atoms with Crippen LogP contribution < -0.4 is 10.6 Å². The van der Waals surface area contributed by atoms with E-state index < -0.39 is 0 Å². The maximum absolute atomic E-state index is 11.5. The molecule has 88 valence electrons. The van der Waals surface area contributed by atoms with Gasteiger partial charge in [0.05, 0.1) is 5.69 Å². The minimum Gasteiger partial charge on any atom is -0.506 e. The number of carbonyl (C=O) groups is 1. The summed E-state index contributed by atoms with van der Waals surface area (Å²) in [6.07, 6.45) is 1.99. The largest absolute Gasteiger partial charge is 0.506 e. The Bertz CT molecular complexity index is 344. The molecule has 0 aromatic heterocycles. The van der Waals surface area contributed by atoms with E-state index in [4.69, 9.17) is 0 Å². The van der Waals surface area contributed by atoms with Crippen LogP contribution in [-0.4, -0.2) is 17.7 Å². The van der Waals surface area contributed by atoms with Crippen molar-refractivity contribution in [3.05, 3.63) is 23.8 Å². The lowest BCUT2D eigenvalue weighted by Gasteiger charge is -2.10. The molecule has 0 fully saturated rings.